The number of nitrogens with one attached hydrogen (secondary N) is 1. The number of aromatic nitrogens is 1. The van der Waals surface area contributed by atoms with E-state index in [2.05, 4.69) is 22.4 Å². The monoisotopic (exact) mass is 350 g/mol. The number of thiazole rings is 1. The van der Waals surface area contributed by atoms with Crippen LogP contribution in [0.4, 0.5) is 5.13 Å². The van der Waals surface area contributed by atoms with Crippen molar-refractivity contribution in [2.75, 3.05) is 5.32 Å². The van der Waals surface area contributed by atoms with Gasteiger partial charge in [-0.2, -0.15) is 0 Å². The van der Waals surface area contributed by atoms with Gasteiger partial charge in [-0.1, -0.05) is 36.4 Å². The van der Waals surface area contributed by atoms with Crippen LogP contribution < -0.4 is 5.32 Å². The van der Waals surface area contributed by atoms with Crippen molar-refractivity contribution < 1.29 is 9.90 Å². The molecule has 1 aliphatic rings. The minimum atomic E-state index is -0.650. The number of benzene rings is 2. The molecule has 2 N–H and O–H groups in total. The molecule has 0 radical (unpaired) electrons. The topological polar surface area (TPSA) is 62.2 Å². The molecule has 0 aliphatic heterocycles. The second-order valence-electron chi connectivity index (χ2n) is 6.61. The lowest BCUT2D eigenvalue weighted by atomic mass is 9.73. The van der Waals surface area contributed by atoms with E-state index in [1.54, 1.807) is 18.3 Å². The Morgan fingerprint density at radius 1 is 1.28 bits per heavy atom. The van der Waals surface area contributed by atoms with Crippen LogP contribution in [-0.4, -0.2) is 16.0 Å². The summed E-state index contributed by atoms with van der Waals surface area (Å²) in [4.78, 5) is 17.3. The quantitative estimate of drug-likeness (QED) is 0.745. The summed E-state index contributed by atoms with van der Waals surface area (Å²) in [6.07, 6.45) is 2.26. The molecule has 0 unspecified atom stereocenters. The van der Waals surface area contributed by atoms with Crippen molar-refractivity contribution in [1.29, 1.82) is 0 Å². The van der Waals surface area contributed by atoms with E-state index < -0.39 is 5.41 Å². The van der Waals surface area contributed by atoms with E-state index in [9.17, 15) is 9.90 Å². The molecule has 4 nitrogen and oxygen atoms in total. The Morgan fingerprint density at radius 3 is 2.80 bits per heavy atom. The molecule has 2 aromatic carbocycles. The minimum absolute atomic E-state index is 0.0491. The third-order valence-corrected chi connectivity index (χ3v) is 5.63. The smallest absolute Gasteiger partial charge is 0.233 e. The van der Waals surface area contributed by atoms with Crippen molar-refractivity contribution >= 4 is 22.4 Å². The van der Waals surface area contributed by atoms with Gasteiger partial charge in [-0.25, -0.2) is 4.98 Å². The highest BCUT2D eigenvalue weighted by Gasteiger charge is 2.48. The van der Waals surface area contributed by atoms with E-state index in [4.69, 9.17) is 0 Å². The summed E-state index contributed by atoms with van der Waals surface area (Å²) in [7, 11) is 0. The Labute approximate surface area is 150 Å². The summed E-state index contributed by atoms with van der Waals surface area (Å²) in [6.45, 7) is 1.99. The molecule has 1 heterocycles. The van der Waals surface area contributed by atoms with Gasteiger partial charge in [0.25, 0.3) is 0 Å². The van der Waals surface area contributed by atoms with Crippen LogP contribution in [0.25, 0.3) is 0 Å². The third kappa shape index (κ3) is 2.70. The molecule has 126 valence electrons. The summed E-state index contributed by atoms with van der Waals surface area (Å²) in [5, 5.41) is 15.3. The van der Waals surface area contributed by atoms with Crippen molar-refractivity contribution in [1.82, 2.24) is 4.98 Å². The zero-order valence-electron chi connectivity index (χ0n) is 13.8. The van der Waals surface area contributed by atoms with E-state index in [1.165, 1.54) is 11.3 Å². The number of amides is 1. The van der Waals surface area contributed by atoms with Crippen LogP contribution in [0.1, 0.15) is 29.5 Å². The molecule has 0 bridgehead atoms. The van der Waals surface area contributed by atoms with Gasteiger partial charge in [-0.05, 0) is 42.2 Å². The fourth-order valence-electron chi connectivity index (χ4n) is 3.80. The van der Waals surface area contributed by atoms with Crippen molar-refractivity contribution in [3.05, 3.63) is 76.8 Å². The van der Waals surface area contributed by atoms with Crippen LogP contribution in [-0.2, 0) is 11.2 Å². The van der Waals surface area contributed by atoms with Crippen LogP contribution in [0.3, 0.4) is 0 Å². The van der Waals surface area contributed by atoms with Crippen molar-refractivity contribution in [3.8, 4) is 5.75 Å². The number of aromatic hydroxyl groups is 1. The van der Waals surface area contributed by atoms with Gasteiger partial charge in [0.1, 0.15) is 5.75 Å². The van der Waals surface area contributed by atoms with Crippen molar-refractivity contribution in [3.63, 3.8) is 0 Å². The fraction of sp³-hybridized carbons (Fsp3) is 0.200. The molecule has 5 heteroatoms. The predicted octanol–water partition coefficient (Wildman–Crippen LogP) is 4.18. The van der Waals surface area contributed by atoms with Gasteiger partial charge < -0.3 is 10.4 Å². The first-order chi connectivity index (χ1) is 12.1. The van der Waals surface area contributed by atoms with Crippen molar-refractivity contribution in [2.24, 2.45) is 5.41 Å². The molecule has 0 fully saturated rings. The van der Waals surface area contributed by atoms with Gasteiger partial charge in [0, 0.05) is 17.5 Å². The highest BCUT2D eigenvalue weighted by atomic mass is 32.1. The normalized spacial score (nSPS) is 21.7. The highest BCUT2D eigenvalue weighted by molar-refractivity contribution is 7.13. The standard InChI is InChI=1S/C20H18N2O2S/c1-20(18(24)22-19-21-9-10-25-19)12-14-11-15(23)7-8-16(14)17(20)13-5-3-2-4-6-13/h2-11,17,23H,12H2,1H3,(H,21,22,24)/t17-,20+/m0/s1. The first-order valence-corrected chi connectivity index (χ1v) is 9.03. The SMILES string of the molecule is C[C@@]1(C(=O)Nc2nccs2)Cc2cc(O)ccc2[C@@H]1c1ccccc1. The lowest BCUT2D eigenvalue weighted by Gasteiger charge is -2.30. The lowest BCUT2D eigenvalue weighted by Crippen LogP contribution is -2.37. The van der Waals surface area contributed by atoms with E-state index >= 15 is 0 Å². The Hall–Kier alpha value is -2.66. The number of phenolic OH excluding ortho intramolecular Hbond substituents is 1. The van der Waals surface area contributed by atoms with Crippen molar-refractivity contribution in [2.45, 2.75) is 19.3 Å². The number of anilines is 1. The van der Waals surface area contributed by atoms with Gasteiger partial charge >= 0.3 is 0 Å². The first kappa shape index (κ1) is 15.8. The number of phenols is 1. The molecule has 0 saturated carbocycles. The summed E-state index contributed by atoms with van der Waals surface area (Å²) in [5.41, 5.74) is 2.57. The zero-order valence-corrected chi connectivity index (χ0v) is 14.6. The maximum Gasteiger partial charge on any atom is 0.233 e. The number of carbonyl (C=O) groups is 1. The molecular formula is C20H18N2O2S. The van der Waals surface area contributed by atoms with E-state index in [-0.39, 0.29) is 17.6 Å². The Bertz CT molecular complexity index is 909. The second-order valence-corrected chi connectivity index (χ2v) is 7.51. The number of hydrogen-bond acceptors (Lipinski definition) is 4. The Balaban J connectivity index is 1.79. The average Bonchev–Trinajstić information content (AvgIpc) is 3.21. The largest absolute Gasteiger partial charge is 0.508 e. The molecule has 3 aromatic rings. The molecule has 0 spiro atoms. The van der Waals surface area contributed by atoms with Crippen LogP contribution in [0, 0.1) is 5.41 Å². The van der Waals surface area contributed by atoms with Crippen LogP contribution >= 0.6 is 11.3 Å². The maximum atomic E-state index is 13.2. The lowest BCUT2D eigenvalue weighted by molar-refractivity contribution is -0.125. The number of carbonyl (C=O) groups excluding carboxylic acids is 1. The van der Waals surface area contributed by atoms with Gasteiger partial charge in [0.15, 0.2) is 5.13 Å². The van der Waals surface area contributed by atoms with Gasteiger partial charge in [0.05, 0.1) is 5.41 Å². The predicted molar refractivity (Wildman–Crippen MR) is 98.9 cm³/mol. The summed E-state index contributed by atoms with van der Waals surface area (Å²) < 4.78 is 0. The van der Waals surface area contributed by atoms with E-state index in [1.807, 2.05) is 36.6 Å². The molecule has 4 rings (SSSR count). The zero-order chi connectivity index (χ0) is 17.4. The maximum absolute atomic E-state index is 13.2. The summed E-state index contributed by atoms with van der Waals surface area (Å²) >= 11 is 1.41. The van der Waals surface area contributed by atoms with E-state index in [0.717, 1.165) is 16.7 Å². The summed E-state index contributed by atoms with van der Waals surface area (Å²) in [6, 6.07) is 15.5. The van der Waals surface area contributed by atoms with Crippen LogP contribution in [0.2, 0.25) is 0 Å². The number of nitrogens with zero attached hydrogens (tertiary/aromatic N) is 1. The second kappa shape index (κ2) is 6.01. The third-order valence-electron chi connectivity index (χ3n) is 4.94. The number of rotatable bonds is 3. The average molecular weight is 350 g/mol. The fourth-order valence-corrected chi connectivity index (χ4v) is 4.32. The molecule has 1 aromatic heterocycles. The molecule has 25 heavy (non-hydrogen) atoms. The van der Waals surface area contributed by atoms with Gasteiger partial charge in [0.2, 0.25) is 5.91 Å². The summed E-state index contributed by atoms with van der Waals surface area (Å²) in [5.74, 6) is 0.117. The van der Waals surface area contributed by atoms with Gasteiger partial charge in [-0.3, -0.25) is 4.79 Å². The molecule has 0 saturated heterocycles. The van der Waals surface area contributed by atoms with E-state index in [0.29, 0.717) is 11.6 Å². The Kier molecular flexibility index (Phi) is 3.81. The number of hydrogen-bond donors (Lipinski definition) is 2. The molecule has 1 amide bonds. The highest BCUT2D eigenvalue weighted by Crippen LogP contribution is 2.51. The molecular weight excluding hydrogens is 332 g/mol. The Morgan fingerprint density at radius 2 is 2.08 bits per heavy atom. The number of fused-ring (bicyclic) bond motifs is 1. The van der Waals surface area contributed by atoms with Crippen LogP contribution in [0.5, 0.6) is 5.75 Å². The van der Waals surface area contributed by atoms with Crippen LogP contribution in [0.15, 0.2) is 60.1 Å². The van der Waals surface area contributed by atoms with Gasteiger partial charge in [-0.15, -0.1) is 11.3 Å². The molecule has 2 atom stereocenters. The molecule has 1 aliphatic carbocycles. The minimum Gasteiger partial charge on any atom is -0.508 e. The first-order valence-electron chi connectivity index (χ1n) is 8.15.